The fourth-order valence-corrected chi connectivity index (χ4v) is 4.27. The maximum atomic E-state index is 14.8. The van der Waals surface area contributed by atoms with Crippen molar-refractivity contribution in [3.05, 3.63) is 76.1 Å². The van der Waals surface area contributed by atoms with Crippen LogP contribution in [0.25, 0.3) is 5.76 Å². The van der Waals surface area contributed by atoms with Crippen molar-refractivity contribution in [2.75, 3.05) is 26.2 Å². The molecule has 1 aliphatic rings. The first kappa shape index (κ1) is 23.7. The molecule has 2 aromatic rings. The van der Waals surface area contributed by atoms with Crippen molar-refractivity contribution in [1.29, 1.82) is 0 Å². The second kappa shape index (κ2) is 10.1. The lowest BCUT2D eigenvalue weighted by Gasteiger charge is -2.27. The molecule has 3 rings (SSSR count). The molecule has 0 spiro atoms. The molecular weight excluding hydrogens is 407 g/mol. The lowest BCUT2D eigenvalue weighted by molar-refractivity contribution is -0.140. The molecule has 1 amide bonds. The second-order valence-electron chi connectivity index (χ2n) is 8.21. The lowest BCUT2D eigenvalue weighted by Crippen LogP contribution is -2.33. The van der Waals surface area contributed by atoms with Gasteiger partial charge in [-0.1, -0.05) is 49.7 Å². The van der Waals surface area contributed by atoms with Crippen LogP contribution in [0.1, 0.15) is 48.6 Å². The Morgan fingerprint density at radius 1 is 1.09 bits per heavy atom. The number of Topliss-reactive ketones (excluding diaryl/α,β-unsaturated/α-hetero) is 1. The SMILES string of the molecule is CCN(CC)CCCN1C(=O)C(=O)/C(=C(/O)c2cc(C)ccc2C)C1c1ccccc1F. The van der Waals surface area contributed by atoms with Gasteiger partial charge in [0.1, 0.15) is 11.6 Å². The highest BCUT2D eigenvalue weighted by Gasteiger charge is 2.46. The molecule has 0 bridgehead atoms. The van der Waals surface area contributed by atoms with Crippen LogP contribution < -0.4 is 0 Å². The van der Waals surface area contributed by atoms with Gasteiger partial charge in [0.2, 0.25) is 0 Å². The van der Waals surface area contributed by atoms with E-state index in [2.05, 4.69) is 18.7 Å². The summed E-state index contributed by atoms with van der Waals surface area (Å²) < 4.78 is 14.8. The number of likely N-dealkylation sites (tertiary alicyclic amines) is 1. The standard InChI is InChI=1S/C26H31FN2O3/c1-5-28(6-2)14-9-15-29-23(19-10-7-8-11-21(19)27)22(25(31)26(29)32)24(30)20-16-17(3)12-13-18(20)4/h7-8,10-13,16,23,30H,5-6,9,14-15H2,1-4H3/b24-22+. The summed E-state index contributed by atoms with van der Waals surface area (Å²) in [6.45, 7) is 10.7. The molecule has 0 aliphatic carbocycles. The Morgan fingerprint density at radius 2 is 1.78 bits per heavy atom. The van der Waals surface area contributed by atoms with Gasteiger partial charge in [-0.05, 0) is 57.6 Å². The molecule has 1 fully saturated rings. The largest absolute Gasteiger partial charge is 0.507 e. The van der Waals surface area contributed by atoms with Crippen molar-refractivity contribution >= 4 is 17.4 Å². The number of nitrogens with zero attached hydrogens (tertiary/aromatic N) is 2. The number of carbonyl (C=O) groups is 2. The first-order chi connectivity index (χ1) is 15.3. The van der Waals surface area contributed by atoms with Gasteiger partial charge < -0.3 is 14.9 Å². The van der Waals surface area contributed by atoms with Crippen molar-refractivity contribution in [3.8, 4) is 0 Å². The van der Waals surface area contributed by atoms with E-state index in [9.17, 15) is 19.1 Å². The number of aliphatic hydroxyl groups is 1. The highest BCUT2D eigenvalue weighted by atomic mass is 19.1. The van der Waals surface area contributed by atoms with E-state index in [0.29, 0.717) is 18.5 Å². The minimum absolute atomic E-state index is 0.0587. The number of halogens is 1. The molecular formula is C26H31FN2O3. The van der Waals surface area contributed by atoms with Gasteiger partial charge in [0.05, 0.1) is 11.6 Å². The maximum absolute atomic E-state index is 14.8. The van der Waals surface area contributed by atoms with E-state index in [4.69, 9.17) is 0 Å². The van der Waals surface area contributed by atoms with E-state index in [1.54, 1.807) is 24.3 Å². The Kier molecular flexibility index (Phi) is 7.46. The number of aryl methyl sites for hydroxylation is 2. The number of carbonyl (C=O) groups excluding carboxylic acids is 2. The average Bonchev–Trinajstić information content (AvgIpc) is 3.03. The molecule has 5 nitrogen and oxygen atoms in total. The molecule has 1 aliphatic heterocycles. The third kappa shape index (κ3) is 4.60. The molecule has 1 saturated heterocycles. The molecule has 1 N–H and O–H groups in total. The highest BCUT2D eigenvalue weighted by molar-refractivity contribution is 6.46. The van der Waals surface area contributed by atoms with Gasteiger partial charge in [0.25, 0.3) is 11.7 Å². The molecule has 170 valence electrons. The van der Waals surface area contributed by atoms with Gasteiger partial charge in [0.15, 0.2) is 0 Å². The number of hydrogen-bond acceptors (Lipinski definition) is 4. The Balaban J connectivity index is 2.09. The molecule has 1 unspecified atom stereocenters. The first-order valence-electron chi connectivity index (χ1n) is 11.1. The molecule has 6 heteroatoms. The van der Waals surface area contributed by atoms with E-state index in [1.807, 2.05) is 26.0 Å². The van der Waals surface area contributed by atoms with E-state index in [-0.39, 0.29) is 16.9 Å². The van der Waals surface area contributed by atoms with Crippen molar-refractivity contribution < 1.29 is 19.1 Å². The summed E-state index contributed by atoms with van der Waals surface area (Å²) in [7, 11) is 0. The predicted octanol–water partition coefficient (Wildman–Crippen LogP) is 4.60. The van der Waals surface area contributed by atoms with E-state index < -0.39 is 23.5 Å². The van der Waals surface area contributed by atoms with Crippen LogP contribution in [0, 0.1) is 19.7 Å². The van der Waals surface area contributed by atoms with E-state index >= 15 is 0 Å². The molecule has 2 aromatic carbocycles. The molecule has 1 heterocycles. The van der Waals surface area contributed by atoms with Crippen molar-refractivity contribution in [2.24, 2.45) is 0 Å². The highest BCUT2D eigenvalue weighted by Crippen LogP contribution is 2.40. The van der Waals surface area contributed by atoms with Gasteiger partial charge >= 0.3 is 0 Å². The quantitative estimate of drug-likeness (QED) is 0.372. The minimum Gasteiger partial charge on any atom is -0.507 e. The molecule has 1 atom stereocenters. The number of rotatable bonds is 8. The third-order valence-corrected chi connectivity index (χ3v) is 6.16. The molecule has 0 aromatic heterocycles. The predicted molar refractivity (Wildman–Crippen MR) is 124 cm³/mol. The molecule has 0 saturated carbocycles. The Morgan fingerprint density at radius 3 is 2.44 bits per heavy atom. The van der Waals surface area contributed by atoms with E-state index in [0.717, 1.165) is 30.8 Å². The molecule has 0 radical (unpaired) electrons. The van der Waals surface area contributed by atoms with Crippen molar-refractivity contribution in [3.63, 3.8) is 0 Å². The van der Waals surface area contributed by atoms with Gasteiger partial charge in [-0.3, -0.25) is 9.59 Å². The zero-order valence-electron chi connectivity index (χ0n) is 19.2. The van der Waals surface area contributed by atoms with Crippen LogP contribution in [0.15, 0.2) is 48.0 Å². The number of benzene rings is 2. The maximum Gasteiger partial charge on any atom is 0.295 e. The van der Waals surface area contributed by atoms with Gasteiger partial charge in [-0.25, -0.2) is 4.39 Å². The summed E-state index contributed by atoms with van der Waals surface area (Å²) in [5.74, 6) is -2.26. The number of aliphatic hydroxyl groups excluding tert-OH is 1. The summed E-state index contributed by atoms with van der Waals surface area (Å²) in [5, 5.41) is 11.2. The fraction of sp³-hybridized carbons (Fsp3) is 0.385. The summed E-state index contributed by atoms with van der Waals surface area (Å²) >= 11 is 0. The van der Waals surface area contributed by atoms with Crippen molar-refractivity contribution in [2.45, 2.75) is 40.2 Å². The Bertz CT molecular complexity index is 1040. The van der Waals surface area contributed by atoms with Crippen LogP contribution in [0.2, 0.25) is 0 Å². The van der Waals surface area contributed by atoms with Crippen LogP contribution >= 0.6 is 0 Å². The van der Waals surface area contributed by atoms with E-state index in [1.165, 1.54) is 11.0 Å². The monoisotopic (exact) mass is 438 g/mol. The number of amides is 1. The molecule has 32 heavy (non-hydrogen) atoms. The smallest absolute Gasteiger partial charge is 0.295 e. The summed E-state index contributed by atoms with van der Waals surface area (Å²) in [5.41, 5.74) is 2.31. The van der Waals surface area contributed by atoms with Crippen LogP contribution in [0.5, 0.6) is 0 Å². The van der Waals surface area contributed by atoms with Crippen LogP contribution in [-0.4, -0.2) is 52.8 Å². The summed E-state index contributed by atoms with van der Waals surface area (Å²) in [4.78, 5) is 29.7. The van der Waals surface area contributed by atoms with Crippen molar-refractivity contribution in [1.82, 2.24) is 9.80 Å². The number of ketones is 1. The fourth-order valence-electron chi connectivity index (χ4n) is 4.27. The van der Waals surface area contributed by atoms with Gasteiger partial charge in [0, 0.05) is 17.7 Å². The second-order valence-corrected chi connectivity index (χ2v) is 8.21. The zero-order valence-corrected chi connectivity index (χ0v) is 19.2. The topological polar surface area (TPSA) is 60.9 Å². The lowest BCUT2D eigenvalue weighted by atomic mass is 9.93. The summed E-state index contributed by atoms with van der Waals surface area (Å²) in [6, 6.07) is 10.7. The third-order valence-electron chi connectivity index (χ3n) is 6.16. The Labute approximate surface area is 189 Å². The van der Waals surface area contributed by atoms with Gasteiger partial charge in [-0.15, -0.1) is 0 Å². The average molecular weight is 439 g/mol. The minimum atomic E-state index is -0.965. The summed E-state index contributed by atoms with van der Waals surface area (Å²) in [6.07, 6.45) is 0.642. The normalized spacial score (nSPS) is 18.1. The van der Waals surface area contributed by atoms with Crippen LogP contribution in [-0.2, 0) is 9.59 Å². The Hall–Kier alpha value is -2.99. The van der Waals surface area contributed by atoms with Crippen LogP contribution in [0.3, 0.4) is 0 Å². The number of hydrogen-bond donors (Lipinski definition) is 1. The van der Waals surface area contributed by atoms with Crippen LogP contribution in [0.4, 0.5) is 4.39 Å². The first-order valence-corrected chi connectivity index (χ1v) is 11.1. The van der Waals surface area contributed by atoms with Gasteiger partial charge in [-0.2, -0.15) is 0 Å². The zero-order chi connectivity index (χ0) is 23.4.